The second-order valence-corrected chi connectivity index (χ2v) is 7.82. The summed E-state index contributed by atoms with van der Waals surface area (Å²) in [7, 11) is 1.48. The predicted molar refractivity (Wildman–Crippen MR) is 95.9 cm³/mol. The Morgan fingerprint density at radius 3 is 1.55 bits per heavy atom. The minimum Gasteiger partial charge on any atom is -0.469 e. The van der Waals surface area contributed by atoms with Crippen molar-refractivity contribution in [2.24, 2.45) is 23.7 Å². The smallest absolute Gasteiger partial charge is 0.308 e. The number of carbonyl (C=O) groups is 1. The van der Waals surface area contributed by atoms with Crippen LogP contribution in [0.4, 0.5) is 0 Å². The molecule has 0 bridgehead atoms. The SMILES string of the molecule is COC(=O)C(C)CCC[C@H](C)CCC[C@H](C)CCCC(C)C. The number of carbonyl (C=O) groups excluding carboxylic acids is 1. The fourth-order valence-electron chi connectivity index (χ4n) is 3.07. The van der Waals surface area contributed by atoms with Gasteiger partial charge in [0.2, 0.25) is 0 Å². The van der Waals surface area contributed by atoms with E-state index in [2.05, 4.69) is 27.7 Å². The number of hydrogen-bond donors (Lipinski definition) is 0. The Labute approximate surface area is 139 Å². The molecule has 0 aliphatic rings. The molecule has 22 heavy (non-hydrogen) atoms. The van der Waals surface area contributed by atoms with Crippen LogP contribution in [-0.4, -0.2) is 13.1 Å². The van der Waals surface area contributed by atoms with E-state index in [0.29, 0.717) is 0 Å². The van der Waals surface area contributed by atoms with Crippen LogP contribution < -0.4 is 0 Å². The van der Waals surface area contributed by atoms with Crippen LogP contribution in [0.1, 0.15) is 92.4 Å². The van der Waals surface area contributed by atoms with Crippen molar-refractivity contribution < 1.29 is 9.53 Å². The van der Waals surface area contributed by atoms with E-state index in [1.54, 1.807) is 0 Å². The van der Waals surface area contributed by atoms with Gasteiger partial charge >= 0.3 is 5.97 Å². The van der Waals surface area contributed by atoms with E-state index in [1.807, 2.05) is 6.92 Å². The Kier molecular flexibility index (Phi) is 12.6. The molecule has 2 nitrogen and oxygen atoms in total. The summed E-state index contributed by atoms with van der Waals surface area (Å²) in [5, 5.41) is 0. The van der Waals surface area contributed by atoms with Crippen LogP contribution in [0.15, 0.2) is 0 Å². The summed E-state index contributed by atoms with van der Waals surface area (Å²) in [5.74, 6) is 2.50. The van der Waals surface area contributed by atoms with Crippen molar-refractivity contribution in [3.8, 4) is 0 Å². The molecule has 0 aromatic carbocycles. The third-order valence-corrected chi connectivity index (χ3v) is 4.81. The van der Waals surface area contributed by atoms with E-state index in [1.165, 1.54) is 52.1 Å². The number of methoxy groups -OCH3 is 1. The van der Waals surface area contributed by atoms with Crippen molar-refractivity contribution in [3.63, 3.8) is 0 Å². The highest BCUT2D eigenvalue weighted by Crippen LogP contribution is 2.22. The van der Waals surface area contributed by atoms with Gasteiger partial charge in [-0.15, -0.1) is 0 Å². The van der Waals surface area contributed by atoms with Crippen LogP contribution in [0, 0.1) is 23.7 Å². The Balaban J connectivity index is 3.56. The zero-order valence-corrected chi connectivity index (χ0v) is 16.0. The Bertz CT molecular complexity index is 273. The Hall–Kier alpha value is -0.530. The molecule has 0 spiro atoms. The molecular weight excluding hydrogens is 272 g/mol. The minimum atomic E-state index is -0.0668. The van der Waals surface area contributed by atoms with Crippen molar-refractivity contribution >= 4 is 5.97 Å². The lowest BCUT2D eigenvalue weighted by Gasteiger charge is -2.15. The highest BCUT2D eigenvalue weighted by atomic mass is 16.5. The zero-order chi connectivity index (χ0) is 17.0. The number of rotatable bonds is 13. The number of esters is 1. The van der Waals surface area contributed by atoms with Crippen molar-refractivity contribution in [2.75, 3.05) is 7.11 Å². The summed E-state index contributed by atoms with van der Waals surface area (Å²) < 4.78 is 4.77. The quantitative estimate of drug-likeness (QED) is 0.376. The van der Waals surface area contributed by atoms with Crippen molar-refractivity contribution in [1.29, 1.82) is 0 Å². The molecule has 0 fully saturated rings. The summed E-state index contributed by atoms with van der Waals surface area (Å²) in [6, 6.07) is 0. The second kappa shape index (κ2) is 13.0. The fourth-order valence-corrected chi connectivity index (χ4v) is 3.07. The molecule has 0 amide bonds. The standard InChI is InChI=1S/C20H40O2/c1-16(2)10-7-11-17(3)12-8-13-18(4)14-9-15-19(5)20(21)22-6/h16-19H,7-15H2,1-6H3/t17-,18-,19?/m1/s1. The lowest BCUT2D eigenvalue weighted by molar-refractivity contribution is -0.145. The van der Waals surface area contributed by atoms with Gasteiger partial charge in [0.25, 0.3) is 0 Å². The zero-order valence-electron chi connectivity index (χ0n) is 16.0. The summed E-state index contributed by atoms with van der Waals surface area (Å²) in [4.78, 5) is 11.3. The van der Waals surface area contributed by atoms with Gasteiger partial charge in [-0.1, -0.05) is 86.0 Å². The van der Waals surface area contributed by atoms with Gasteiger partial charge in [-0.25, -0.2) is 0 Å². The molecule has 1 unspecified atom stereocenters. The number of ether oxygens (including phenoxy) is 1. The van der Waals surface area contributed by atoms with E-state index in [9.17, 15) is 4.79 Å². The third-order valence-electron chi connectivity index (χ3n) is 4.81. The van der Waals surface area contributed by atoms with Crippen molar-refractivity contribution in [3.05, 3.63) is 0 Å². The lowest BCUT2D eigenvalue weighted by Crippen LogP contribution is -2.12. The average Bonchev–Trinajstić information content (AvgIpc) is 2.45. The summed E-state index contributed by atoms with van der Waals surface area (Å²) >= 11 is 0. The van der Waals surface area contributed by atoms with Crippen LogP contribution >= 0.6 is 0 Å². The molecule has 132 valence electrons. The highest BCUT2D eigenvalue weighted by molar-refractivity contribution is 5.71. The van der Waals surface area contributed by atoms with E-state index in [0.717, 1.165) is 30.6 Å². The molecule has 0 saturated heterocycles. The van der Waals surface area contributed by atoms with Gasteiger partial charge in [0.1, 0.15) is 0 Å². The maximum atomic E-state index is 11.3. The first kappa shape index (κ1) is 21.5. The first-order valence-corrected chi connectivity index (χ1v) is 9.44. The maximum Gasteiger partial charge on any atom is 0.308 e. The highest BCUT2D eigenvalue weighted by Gasteiger charge is 2.13. The van der Waals surface area contributed by atoms with Crippen LogP contribution in [0.5, 0.6) is 0 Å². The molecule has 0 aromatic rings. The van der Waals surface area contributed by atoms with Gasteiger partial charge in [-0.3, -0.25) is 4.79 Å². The van der Waals surface area contributed by atoms with Gasteiger partial charge in [-0.05, 0) is 24.2 Å². The van der Waals surface area contributed by atoms with Crippen molar-refractivity contribution in [1.82, 2.24) is 0 Å². The molecule has 3 atom stereocenters. The average molecular weight is 313 g/mol. The molecule has 0 aliphatic carbocycles. The van der Waals surface area contributed by atoms with E-state index >= 15 is 0 Å². The van der Waals surface area contributed by atoms with Crippen LogP contribution in [0.3, 0.4) is 0 Å². The Morgan fingerprint density at radius 2 is 1.14 bits per heavy atom. The monoisotopic (exact) mass is 312 g/mol. The third kappa shape index (κ3) is 12.1. The van der Waals surface area contributed by atoms with Crippen LogP contribution in [0.25, 0.3) is 0 Å². The number of hydrogen-bond acceptors (Lipinski definition) is 2. The summed E-state index contributed by atoms with van der Waals surface area (Å²) in [6.07, 6.45) is 11.6. The van der Waals surface area contributed by atoms with Crippen LogP contribution in [0.2, 0.25) is 0 Å². The second-order valence-electron chi connectivity index (χ2n) is 7.82. The summed E-state index contributed by atoms with van der Waals surface area (Å²) in [6.45, 7) is 11.4. The normalized spacial score (nSPS) is 15.6. The fraction of sp³-hybridized carbons (Fsp3) is 0.950. The maximum absolute atomic E-state index is 11.3. The predicted octanol–water partition coefficient (Wildman–Crippen LogP) is 6.23. The summed E-state index contributed by atoms with van der Waals surface area (Å²) in [5.41, 5.74) is 0. The molecular formula is C20H40O2. The first-order chi connectivity index (χ1) is 10.4. The van der Waals surface area contributed by atoms with Gasteiger partial charge in [0, 0.05) is 0 Å². The molecule has 0 saturated carbocycles. The topological polar surface area (TPSA) is 26.3 Å². The largest absolute Gasteiger partial charge is 0.469 e. The molecule has 0 N–H and O–H groups in total. The van der Waals surface area contributed by atoms with Crippen LogP contribution in [-0.2, 0) is 9.53 Å². The van der Waals surface area contributed by atoms with Gasteiger partial charge in [-0.2, -0.15) is 0 Å². The molecule has 0 radical (unpaired) electrons. The molecule has 0 heterocycles. The molecule has 0 rings (SSSR count). The minimum absolute atomic E-state index is 0.0539. The molecule has 0 aromatic heterocycles. The van der Waals surface area contributed by atoms with Gasteiger partial charge in [0.15, 0.2) is 0 Å². The van der Waals surface area contributed by atoms with E-state index in [-0.39, 0.29) is 11.9 Å². The van der Waals surface area contributed by atoms with E-state index in [4.69, 9.17) is 4.74 Å². The molecule has 2 heteroatoms. The first-order valence-electron chi connectivity index (χ1n) is 9.44. The Morgan fingerprint density at radius 1 is 0.727 bits per heavy atom. The van der Waals surface area contributed by atoms with Gasteiger partial charge in [0.05, 0.1) is 13.0 Å². The van der Waals surface area contributed by atoms with E-state index < -0.39 is 0 Å². The molecule has 0 aliphatic heterocycles. The van der Waals surface area contributed by atoms with Crippen molar-refractivity contribution in [2.45, 2.75) is 92.4 Å². The lowest BCUT2D eigenvalue weighted by atomic mass is 9.91. The van der Waals surface area contributed by atoms with Gasteiger partial charge < -0.3 is 4.74 Å².